The highest BCUT2D eigenvalue weighted by atomic mass is 19.1. The monoisotopic (exact) mass is 360 g/mol. The number of likely N-dealkylation sites (tertiary alicyclic amines) is 1. The standard InChI is InChI=1S/C18H21FN4O3/c1-12-9-20-23(10-12)14-4-3-7-22(11-14)17(24)13-5-6-15(19)16(8-13)21-18(25)26-2/h5-6,8-10,14H,3-4,7,11H2,1-2H3,(H,21,25). The topological polar surface area (TPSA) is 76.5 Å². The number of piperidine rings is 1. The summed E-state index contributed by atoms with van der Waals surface area (Å²) in [6.45, 7) is 3.15. The highest BCUT2D eigenvalue weighted by Gasteiger charge is 2.26. The molecule has 0 spiro atoms. The van der Waals surface area contributed by atoms with Crippen LogP contribution in [-0.2, 0) is 4.74 Å². The summed E-state index contributed by atoms with van der Waals surface area (Å²) in [6, 6.07) is 4.03. The number of amides is 2. The molecule has 1 fully saturated rings. The number of aryl methyl sites for hydroxylation is 1. The number of methoxy groups -OCH3 is 1. The number of ether oxygens (including phenoxy) is 1. The minimum absolute atomic E-state index is 0.0843. The van der Waals surface area contributed by atoms with Gasteiger partial charge in [-0.05, 0) is 43.5 Å². The van der Waals surface area contributed by atoms with Crippen molar-refractivity contribution in [3.05, 3.63) is 47.5 Å². The molecule has 1 aliphatic rings. The smallest absolute Gasteiger partial charge is 0.411 e. The summed E-state index contributed by atoms with van der Waals surface area (Å²) in [6.07, 6.45) is 4.79. The van der Waals surface area contributed by atoms with E-state index in [1.165, 1.54) is 19.2 Å². The summed E-state index contributed by atoms with van der Waals surface area (Å²) in [5, 5.41) is 6.62. The first kappa shape index (κ1) is 17.9. The van der Waals surface area contributed by atoms with Gasteiger partial charge < -0.3 is 9.64 Å². The molecule has 8 heteroatoms. The molecule has 0 bridgehead atoms. The van der Waals surface area contributed by atoms with E-state index in [4.69, 9.17) is 0 Å². The highest BCUT2D eigenvalue weighted by Crippen LogP contribution is 2.24. The summed E-state index contributed by atoms with van der Waals surface area (Å²) in [5.41, 5.74) is 1.31. The molecule has 1 saturated heterocycles. The summed E-state index contributed by atoms with van der Waals surface area (Å²) in [4.78, 5) is 25.9. The quantitative estimate of drug-likeness (QED) is 0.913. The van der Waals surface area contributed by atoms with Crippen molar-refractivity contribution >= 4 is 17.7 Å². The van der Waals surface area contributed by atoms with E-state index in [0.717, 1.165) is 24.5 Å². The summed E-state index contributed by atoms with van der Waals surface area (Å²) in [5.74, 6) is -0.831. The van der Waals surface area contributed by atoms with Crippen LogP contribution in [0.15, 0.2) is 30.6 Å². The van der Waals surface area contributed by atoms with Gasteiger partial charge in [-0.1, -0.05) is 0 Å². The van der Waals surface area contributed by atoms with Gasteiger partial charge in [0.05, 0.1) is 25.0 Å². The minimum atomic E-state index is -0.791. The van der Waals surface area contributed by atoms with Crippen LogP contribution in [0.25, 0.3) is 0 Å². The predicted octanol–water partition coefficient (Wildman–Crippen LogP) is 2.99. The fraction of sp³-hybridized carbons (Fsp3) is 0.389. The maximum absolute atomic E-state index is 13.9. The first-order valence-electron chi connectivity index (χ1n) is 8.42. The molecule has 1 aromatic heterocycles. The Kier molecular flexibility index (Phi) is 5.20. The van der Waals surface area contributed by atoms with E-state index < -0.39 is 11.9 Å². The largest absolute Gasteiger partial charge is 0.453 e. The molecule has 1 aliphatic heterocycles. The molecule has 0 aliphatic carbocycles. The Bertz CT molecular complexity index is 821. The zero-order valence-corrected chi connectivity index (χ0v) is 14.7. The molecule has 1 atom stereocenters. The van der Waals surface area contributed by atoms with Gasteiger partial charge in [-0.25, -0.2) is 9.18 Å². The Morgan fingerprint density at radius 3 is 2.88 bits per heavy atom. The van der Waals surface area contributed by atoms with Crippen LogP contribution in [-0.4, -0.2) is 46.9 Å². The van der Waals surface area contributed by atoms with Crippen LogP contribution in [0.1, 0.15) is 34.8 Å². The van der Waals surface area contributed by atoms with Crippen LogP contribution in [0.4, 0.5) is 14.9 Å². The van der Waals surface area contributed by atoms with Crippen molar-refractivity contribution < 1.29 is 18.7 Å². The lowest BCUT2D eigenvalue weighted by Crippen LogP contribution is -2.40. The van der Waals surface area contributed by atoms with Crippen molar-refractivity contribution in [2.75, 3.05) is 25.5 Å². The fourth-order valence-corrected chi connectivity index (χ4v) is 3.09. The molecular weight excluding hydrogens is 339 g/mol. The number of halogens is 1. The number of carbonyl (C=O) groups is 2. The highest BCUT2D eigenvalue weighted by molar-refractivity contribution is 5.96. The first-order chi connectivity index (χ1) is 12.5. The van der Waals surface area contributed by atoms with Crippen molar-refractivity contribution in [1.29, 1.82) is 0 Å². The van der Waals surface area contributed by atoms with Crippen LogP contribution < -0.4 is 5.32 Å². The maximum Gasteiger partial charge on any atom is 0.411 e. The number of anilines is 1. The van der Waals surface area contributed by atoms with Gasteiger partial charge in [0.15, 0.2) is 0 Å². The lowest BCUT2D eigenvalue weighted by atomic mass is 10.0. The second-order valence-electron chi connectivity index (χ2n) is 6.36. The number of hydrogen-bond donors (Lipinski definition) is 1. The van der Waals surface area contributed by atoms with Crippen LogP contribution >= 0.6 is 0 Å². The van der Waals surface area contributed by atoms with E-state index in [9.17, 15) is 14.0 Å². The molecule has 1 N–H and O–H groups in total. The Labute approximate surface area is 150 Å². The molecule has 0 saturated carbocycles. The second kappa shape index (κ2) is 7.55. The number of aromatic nitrogens is 2. The number of rotatable bonds is 3. The maximum atomic E-state index is 13.9. The van der Waals surface area contributed by atoms with Crippen LogP contribution in [0.2, 0.25) is 0 Å². The van der Waals surface area contributed by atoms with Crippen molar-refractivity contribution in [2.45, 2.75) is 25.8 Å². The molecule has 1 unspecified atom stereocenters. The minimum Gasteiger partial charge on any atom is -0.453 e. The molecule has 26 heavy (non-hydrogen) atoms. The second-order valence-corrected chi connectivity index (χ2v) is 6.36. The third-order valence-electron chi connectivity index (χ3n) is 4.42. The van der Waals surface area contributed by atoms with Gasteiger partial charge in [0, 0.05) is 24.8 Å². The SMILES string of the molecule is COC(=O)Nc1cc(C(=O)N2CCCC(n3cc(C)cn3)C2)ccc1F. The Balaban J connectivity index is 1.76. The zero-order chi connectivity index (χ0) is 18.7. The molecule has 1 aromatic carbocycles. The molecule has 0 radical (unpaired) electrons. The summed E-state index contributed by atoms with van der Waals surface area (Å²) < 4.78 is 20.2. The number of hydrogen-bond acceptors (Lipinski definition) is 4. The van der Waals surface area contributed by atoms with E-state index in [0.29, 0.717) is 18.7 Å². The fourth-order valence-electron chi connectivity index (χ4n) is 3.09. The molecule has 2 aromatic rings. The van der Waals surface area contributed by atoms with Gasteiger partial charge in [0.2, 0.25) is 0 Å². The molecular formula is C18H21FN4O3. The van der Waals surface area contributed by atoms with Gasteiger partial charge in [-0.3, -0.25) is 14.8 Å². The van der Waals surface area contributed by atoms with E-state index >= 15 is 0 Å². The Morgan fingerprint density at radius 1 is 1.38 bits per heavy atom. The van der Waals surface area contributed by atoms with E-state index in [1.54, 1.807) is 11.1 Å². The first-order valence-corrected chi connectivity index (χ1v) is 8.42. The van der Waals surface area contributed by atoms with Gasteiger partial charge >= 0.3 is 6.09 Å². The average Bonchev–Trinajstić information content (AvgIpc) is 3.09. The van der Waals surface area contributed by atoms with Crippen LogP contribution in [0, 0.1) is 12.7 Å². The molecule has 7 nitrogen and oxygen atoms in total. The lowest BCUT2D eigenvalue weighted by molar-refractivity contribution is 0.0673. The predicted molar refractivity (Wildman–Crippen MR) is 93.6 cm³/mol. The Morgan fingerprint density at radius 2 is 2.19 bits per heavy atom. The van der Waals surface area contributed by atoms with Crippen molar-refractivity contribution in [2.24, 2.45) is 0 Å². The van der Waals surface area contributed by atoms with E-state index in [1.807, 2.05) is 17.8 Å². The zero-order valence-electron chi connectivity index (χ0n) is 14.7. The van der Waals surface area contributed by atoms with E-state index in [2.05, 4.69) is 15.2 Å². The number of carbonyl (C=O) groups excluding carboxylic acids is 2. The molecule has 138 valence electrons. The summed E-state index contributed by atoms with van der Waals surface area (Å²) in [7, 11) is 1.19. The summed E-state index contributed by atoms with van der Waals surface area (Å²) >= 11 is 0. The third kappa shape index (κ3) is 3.84. The molecule has 3 rings (SSSR count). The number of benzene rings is 1. The van der Waals surface area contributed by atoms with Crippen LogP contribution in [0.3, 0.4) is 0 Å². The average molecular weight is 360 g/mol. The number of nitrogens with zero attached hydrogens (tertiary/aromatic N) is 3. The van der Waals surface area contributed by atoms with Gasteiger partial charge in [-0.15, -0.1) is 0 Å². The van der Waals surface area contributed by atoms with Crippen molar-refractivity contribution in [3.63, 3.8) is 0 Å². The van der Waals surface area contributed by atoms with Gasteiger partial charge in [-0.2, -0.15) is 5.10 Å². The molecule has 2 heterocycles. The lowest BCUT2D eigenvalue weighted by Gasteiger charge is -2.33. The Hall–Kier alpha value is -2.90. The van der Waals surface area contributed by atoms with Gasteiger partial charge in [0.25, 0.3) is 5.91 Å². The third-order valence-corrected chi connectivity index (χ3v) is 4.42. The normalized spacial score (nSPS) is 17.0. The number of nitrogens with one attached hydrogen (secondary N) is 1. The van der Waals surface area contributed by atoms with E-state index in [-0.39, 0.29) is 17.6 Å². The van der Waals surface area contributed by atoms with Crippen LogP contribution in [0.5, 0.6) is 0 Å². The molecule has 2 amide bonds. The van der Waals surface area contributed by atoms with Crippen molar-refractivity contribution in [1.82, 2.24) is 14.7 Å². The van der Waals surface area contributed by atoms with Crippen molar-refractivity contribution in [3.8, 4) is 0 Å². The van der Waals surface area contributed by atoms with Gasteiger partial charge in [0.1, 0.15) is 5.82 Å².